The Hall–Kier alpha value is -1.82. The maximum Gasteiger partial charge on any atom is 0.318 e. The van der Waals surface area contributed by atoms with Crippen LogP contribution in [0.25, 0.3) is 0 Å². The smallest absolute Gasteiger partial charge is 0.318 e. The van der Waals surface area contributed by atoms with Gasteiger partial charge < -0.3 is 20.3 Å². The van der Waals surface area contributed by atoms with E-state index in [0.29, 0.717) is 24.5 Å². The van der Waals surface area contributed by atoms with Gasteiger partial charge in [0.1, 0.15) is 6.10 Å². The highest BCUT2D eigenvalue weighted by Crippen LogP contribution is 2.27. The predicted octanol–water partition coefficient (Wildman–Crippen LogP) is 2.68. The maximum atomic E-state index is 12.5. The molecule has 1 aromatic rings. The molecule has 3 aliphatic heterocycles. The van der Waals surface area contributed by atoms with Crippen LogP contribution >= 0.6 is 0 Å². The first-order valence-electron chi connectivity index (χ1n) is 10.1. The summed E-state index contributed by atoms with van der Waals surface area (Å²) in [6.07, 6.45) is 9.01. The summed E-state index contributed by atoms with van der Waals surface area (Å²) in [5.41, 5.74) is 1.04. The van der Waals surface area contributed by atoms with Crippen LogP contribution in [0.3, 0.4) is 0 Å². The van der Waals surface area contributed by atoms with Crippen molar-refractivity contribution in [2.45, 2.75) is 70.2 Å². The molecule has 4 aliphatic rings. The minimum Gasteiger partial charge on any atom is -0.474 e. The summed E-state index contributed by atoms with van der Waals surface area (Å²) in [4.78, 5) is 18.9. The summed E-state index contributed by atoms with van der Waals surface area (Å²) in [7, 11) is 0. The lowest BCUT2D eigenvalue weighted by Crippen LogP contribution is -2.63. The average molecular weight is 358 g/mol. The van der Waals surface area contributed by atoms with E-state index in [0.717, 1.165) is 43.8 Å². The Morgan fingerprint density at radius 3 is 2.85 bits per heavy atom. The maximum absolute atomic E-state index is 12.5. The van der Waals surface area contributed by atoms with Crippen molar-refractivity contribution in [1.29, 1.82) is 0 Å². The number of piperidine rings is 2. The van der Waals surface area contributed by atoms with Gasteiger partial charge in [-0.1, -0.05) is 6.92 Å². The molecule has 2 N–H and O–H groups in total. The monoisotopic (exact) mass is 358 g/mol. The molecule has 1 aromatic heterocycles. The molecule has 2 unspecified atom stereocenters. The number of fused-ring (bicyclic) bond motifs is 3. The number of rotatable bonds is 4. The van der Waals surface area contributed by atoms with Gasteiger partial charge in [-0.2, -0.15) is 0 Å². The van der Waals surface area contributed by atoms with E-state index >= 15 is 0 Å². The van der Waals surface area contributed by atoms with E-state index in [9.17, 15) is 4.79 Å². The molecule has 2 bridgehead atoms. The van der Waals surface area contributed by atoms with Crippen LogP contribution in [-0.4, -0.2) is 47.2 Å². The first kappa shape index (κ1) is 17.6. The van der Waals surface area contributed by atoms with Gasteiger partial charge in [-0.3, -0.25) is 0 Å². The fourth-order valence-electron chi connectivity index (χ4n) is 4.38. The van der Waals surface area contributed by atoms with Crippen LogP contribution in [-0.2, 0) is 6.54 Å². The minimum absolute atomic E-state index is 0.0433. The molecule has 26 heavy (non-hydrogen) atoms. The van der Waals surface area contributed by atoms with E-state index in [1.807, 2.05) is 17.0 Å². The third-order valence-electron chi connectivity index (χ3n) is 6.10. The van der Waals surface area contributed by atoms with E-state index < -0.39 is 0 Å². The van der Waals surface area contributed by atoms with Gasteiger partial charge in [0.15, 0.2) is 0 Å². The van der Waals surface area contributed by atoms with Crippen LogP contribution in [0.2, 0.25) is 0 Å². The molecule has 2 atom stereocenters. The number of pyridine rings is 1. The van der Waals surface area contributed by atoms with Gasteiger partial charge in [-0.25, -0.2) is 9.78 Å². The molecule has 2 amide bonds. The second-order valence-electron chi connectivity index (χ2n) is 8.15. The number of hydrogen-bond acceptors (Lipinski definition) is 4. The van der Waals surface area contributed by atoms with Gasteiger partial charge in [-0.15, -0.1) is 0 Å². The Bertz CT molecular complexity index is 622. The number of hydrogen-bond donors (Lipinski definition) is 2. The molecule has 4 fully saturated rings. The van der Waals surface area contributed by atoms with Gasteiger partial charge in [0.25, 0.3) is 0 Å². The Morgan fingerprint density at radius 1 is 1.31 bits per heavy atom. The normalized spacial score (nSPS) is 30.9. The number of carbonyl (C=O) groups is 1. The van der Waals surface area contributed by atoms with Crippen LogP contribution < -0.4 is 15.4 Å². The Balaban J connectivity index is 1.29. The zero-order valence-corrected chi connectivity index (χ0v) is 15.6. The highest BCUT2D eigenvalue weighted by molar-refractivity contribution is 5.75. The zero-order chi connectivity index (χ0) is 17.9. The summed E-state index contributed by atoms with van der Waals surface area (Å²) >= 11 is 0. The second-order valence-corrected chi connectivity index (χ2v) is 8.15. The van der Waals surface area contributed by atoms with Gasteiger partial charge in [0.05, 0.1) is 0 Å². The first-order valence-corrected chi connectivity index (χ1v) is 10.1. The van der Waals surface area contributed by atoms with Crippen LogP contribution in [0.15, 0.2) is 18.3 Å². The van der Waals surface area contributed by atoms with Crippen molar-refractivity contribution in [1.82, 2.24) is 20.5 Å². The number of ether oxygens (including phenoxy) is 1. The summed E-state index contributed by atoms with van der Waals surface area (Å²) < 4.78 is 6.07. The zero-order valence-electron chi connectivity index (χ0n) is 15.6. The van der Waals surface area contributed by atoms with Crippen LogP contribution in [0.4, 0.5) is 4.79 Å². The summed E-state index contributed by atoms with van der Waals surface area (Å²) in [5, 5.41) is 6.55. The van der Waals surface area contributed by atoms with Gasteiger partial charge in [0.2, 0.25) is 5.88 Å². The first-order chi connectivity index (χ1) is 12.7. The molecule has 0 spiro atoms. The number of carbonyl (C=O) groups excluding carboxylic acids is 1. The number of nitrogens with one attached hydrogen (secondary N) is 2. The Morgan fingerprint density at radius 2 is 2.15 bits per heavy atom. The van der Waals surface area contributed by atoms with Gasteiger partial charge in [-0.05, 0) is 56.1 Å². The van der Waals surface area contributed by atoms with Crippen molar-refractivity contribution in [3.8, 4) is 5.88 Å². The Kier molecular flexibility index (Phi) is 5.29. The highest BCUT2D eigenvalue weighted by Gasteiger charge is 2.35. The van der Waals surface area contributed by atoms with Crippen molar-refractivity contribution in [2.75, 3.05) is 13.1 Å². The third-order valence-corrected chi connectivity index (χ3v) is 6.10. The van der Waals surface area contributed by atoms with Crippen LogP contribution in [0.1, 0.15) is 51.0 Å². The molecule has 0 aromatic carbocycles. The third kappa shape index (κ3) is 4.11. The molecule has 6 heteroatoms. The van der Waals surface area contributed by atoms with Crippen molar-refractivity contribution < 1.29 is 9.53 Å². The molecule has 1 aliphatic carbocycles. The van der Waals surface area contributed by atoms with Crippen LogP contribution in [0.5, 0.6) is 5.88 Å². The van der Waals surface area contributed by atoms with E-state index in [2.05, 4.69) is 22.5 Å². The van der Waals surface area contributed by atoms with E-state index in [-0.39, 0.29) is 12.1 Å². The molecule has 142 valence electrons. The van der Waals surface area contributed by atoms with Crippen molar-refractivity contribution in [3.05, 3.63) is 23.9 Å². The van der Waals surface area contributed by atoms with E-state index in [1.165, 1.54) is 19.3 Å². The molecular weight excluding hydrogens is 328 g/mol. The summed E-state index contributed by atoms with van der Waals surface area (Å²) in [6, 6.07) is 4.75. The number of piperazine rings is 1. The number of nitrogens with zero attached hydrogens (tertiary/aromatic N) is 2. The number of aromatic nitrogens is 1. The topological polar surface area (TPSA) is 66.5 Å². The van der Waals surface area contributed by atoms with E-state index in [1.54, 1.807) is 6.20 Å². The fraction of sp³-hybridized carbons (Fsp3) is 0.700. The number of urea groups is 1. The SMILES string of the molecule is CC1CCC(Oc2cc(CNC(=O)N3CC4CCC3CN4)ccn2)CC1. The van der Waals surface area contributed by atoms with Gasteiger partial charge >= 0.3 is 6.03 Å². The second kappa shape index (κ2) is 7.82. The van der Waals surface area contributed by atoms with Crippen molar-refractivity contribution in [3.63, 3.8) is 0 Å². The van der Waals surface area contributed by atoms with Crippen LogP contribution in [0, 0.1) is 5.92 Å². The fourth-order valence-corrected chi connectivity index (χ4v) is 4.38. The summed E-state index contributed by atoms with van der Waals surface area (Å²) in [5.74, 6) is 1.49. The molecule has 0 radical (unpaired) electrons. The molecular formula is C20H30N4O2. The highest BCUT2D eigenvalue weighted by atomic mass is 16.5. The summed E-state index contributed by atoms with van der Waals surface area (Å²) in [6.45, 7) is 4.56. The molecule has 5 rings (SSSR count). The predicted molar refractivity (Wildman–Crippen MR) is 100 cm³/mol. The lowest BCUT2D eigenvalue weighted by Gasteiger charge is -2.45. The lowest BCUT2D eigenvalue weighted by molar-refractivity contribution is 0.0976. The average Bonchev–Trinajstić information content (AvgIpc) is 2.69. The quantitative estimate of drug-likeness (QED) is 0.868. The largest absolute Gasteiger partial charge is 0.474 e. The van der Waals surface area contributed by atoms with E-state index in [4.69, 9.17) is 4.74 Å². The Labute approximate surface area is 155 Å². The molecule has 4 heterocycles. The van der Waals surface area contributed by atoms with Gasteiger partial charge in [0, 0.05) is 44.0 Å². The molecule has 3 saturated heterocycles. The standard InChI is InChI=1S/C20H30N4O2/c1-14-2-6-18(7-3-14)26-19-10-15(8-9-21-19)11-23-20(25)24-13-16-4-5-17(24)12-22-16/h8-10,14,16-18,22H,2-7,11-13H2,1H3,(H,23,25). The molecule has 1 saturated carbocycles. The lowest BCUT2D eigenvalue weighted by atomic mass is 9.89. The van der Waals surface area contributed by atoms with Crippen molar-refractivity contribution >= 4 is 6.03 Å². The van der Waals surface area contributed by atoms with Crippen molar-refractivity contribution in [2.24, 2.45) is 5.92 Å². The minimum atomic E-state index is 0.0433. The number of amides is 2. The molecule has 6 nitrogen and oxygen atoms in total.